The zero-order valence-corrected chi connectivity index (χ0v) is 10.00. The number of halogens is 1. The van der Waals surface area contributed by atoms with E-state index < -0.39 is 0 Å². The maximum atomic E-state index is 10.8. The molecule has 0 heterocycles. The summed E-state index contributed by atoms with van der Waals surface area (Å²) in [5, 5.41) is 0.414. The van der Waals surface area contributed by atoms with E-state index in [1.54, 1.807) is 18.2 Å². The van der Waals surface area contributed by atoms with Crippen LogP contribution in [0.15, 0.2) is 18.2 Å². The highest BCUT2D eigenvalue weighted by atomic mass is 35.5. The first kappa shape index (κ1) is 13.0. The highest BCUT2D eigenvalue weighted by Crippen LogP contribution is 2.24. The molecule has 16 heavy (non-hydrogen) atoms. The van der Waals surface area contributed by atoms with E-state index in [4.69, 9.17) is 21.1 Å². The van der Waals surface area contributed by atoms with Crippen LogP contribution in [0.5, 0.6) is 5.75 Å². The molecule has 4 heteroatoms. The standard InChI is InChI=1S/C12H15ClO3/c1-2-15-7-4-8-16-12-6-3-5-11(13)10(12)9-14/h3,5-6,9H,2,4,7-8H2,1H3. The molecule has 0 N–H and O–H groups in total. The van der Waals surface area contributed by atoms with Crippen LogP contribution >= 0.6 is 11.6 Å². The summed E-state index contributed by atoms with van der Waals surface area (Å²) in [7, 11) is 0. The molecule has 0 spiro atoms. The smallest absolute Gasteiger partial charge is 0.155 e. The predicted molar refractivity (Wildman–Crippen MR) is 63.4 cm³/mol. The Morgan fingerprint density at radius 1 is 1.38 bits per heavy atom. The van der Waals surface area contributed by atoms with Crippen molar-refractivity contribution in [2.24, 2.45) is 0 Å². The third kappa shape index (κ3) is 3.83. The lowest BCUT2D eigenvalue weighted by Crippen LogP contribution is -2.04. The molecular formula is C12H15ClO3. The van der Waals surface area contributed by atoms with Gasteiger partial charge in [-0.25, -0.2) is 0 Å². The van der Waals surface area contributed by atoms with Crippen LogP contribution in [-0.2, 0) is 4.74 Å². The Balaban J connectivity index is 2.47. The molecule has 0 fully saturated rings. The van der Waals surface area contributed by atoms with Crippen LogP contribution in [0.4, 0.5) is 0 Å². The van der Waals surface area contributed by atoms with Crippen molar-refractivity contribution < 1.29 is 14.3 Å². The van der Waals surface area contributed by atoms with Crippen molar-refractivity contribution in [1.82, 2.24) is 0 Å². The van der Waals surface area contributed by atoms with Crippen LogP contribution in [-0.4, -0.2) is 26.1 Å². The van der Waals surface area contributed by atoms with E-state index in [-0.39, 0.29) is 0 Å². The third-order valence-corrected chi connectivity index (χ3v) is 2.36. The normalized spacial score (nSPS) is 10.1. The molecule has 88 valence electrons. The summed E-state index contributed by atoms with van der Waals surface area (Å²) in [6, 6.07) is 5.15. The van der Waals surface area contributed by atoms with E-state index in [1.165, 1.54) is 0 Å². The van der Waals surface area contributed by atoms with Crippen LogP contribution in [0.3, 0.4) is 0 Å². The van der Waals surface area contributed by atoms with E-state index in [0.29, 0.717) is 42.4 Å². The van der Waals surface area contributed by atoms with Gasteiger partial charge in [-0.15, -0.1) is 0 Å². The summed E-state index contributed by atoms with van der Waals surface area (Å²) in [4.78, 5) is 10.8. The highest BCUT2D eigenvalue weighted by Gasteiger charge is 2.06. The van der Waals surface area contributed by atoms with Crippen LogP contribution in [0.2, 0.25) is 5.02 Å². The molecule has 0 aliphatic carbocycles. The van der Waals surface area contributed by atoms with E-state index in [0.717, 1.165) is 6.42 Å². The first-order valence-corrected chi connectivity index (χ1v) is 5.61. The minimum Gasteiger partial charge on any atom is -0.493 e. The molecule has 1 aromatic rings. The maximum Gasteiger partial charge on any atom is 0.155 e. The number of hydrogen-bond donors (Lipinski definition) is 0. The van der Waals surface area contributed by atoms with Crippen molar-refractivity contribution in [2.75, 3.05) is 19.8 Å². The lowest BCUT2D eigenvalue weighted by Gasteiger charge is -2.09. The number of hydrogen-bond acceptors (Lipinski definition) is 3. The average Bonchev–Trinajstić information content (AvgIpc) is 2.29. The highest BCUT2D eigenvalue weighted by molar-refractivity contribution is 6.33. The maximum absolute atomic E-state index is 10.8. The van der Waals surface area contributed by atoms with Crippen molar-refractivity contribution in [3.63, 3.8) is 0 Å². The van der Waals surface area contributed by atoms with Gasteiger partial charge in [0, 0.05) is 19.6 Å². The quantitative estimate of drug-likeness (QED) is 0.545. The minimum absolute atomic E-state index is 0.403. The van der Waals surface area contributed by atoms with Crippen molar-refractivity contribution in [1.29, 1.82) is 0 Å². The molecule has 1 rings (SSSR count). The second-order valence-corrected chi connectivity index (χ2v) is 3.58. The van der Waals surface area contributed by atoms with Gasteiger partial charge < -0.3 is 9.47 Å². The molecule has 0 amide bonds. The second kappa shape index (κ2) is 7.25. The van der Waals surface area contributed by atoms with Crippen molar-refractivity contribution in [3.05, 3.63) is 28.8 Å². The monoisotopic (exact) mass is 242 g/mol. The summed E-state index contributed by atoms with van der Waals surface area (Å²) in [5.74, 6) is 0.527. The molecule has 0 radical (unpaired) electrons. The van der Waals surface area contributed by atoms with Crippen molar-refractivity contribution in [2.45, 2.75) is 13.3 Å². The van der Waals surface area contributed by atoms with E-state index in [9.17, 15) is 4.79 Å². The van der Waals surface area contributed by atoms with Gasteiger partial charge in [0.1, 0.15) is 5.75 Å². The zero-order valence-electron chi connectivity index (χ0n) is 9.24. The van der Waals surface area contributed by atoms with Crippen LogP contribution in [0, 0.1) is 0 Å². The summed E-state index contributed by atoms with van der Waals surface area (Å²) in [5.41, 5.74) is 0.403. The van der Waals surface area contributed by atoms with Crippen LogP contribution < -0.4 is 4.74 Å². The molecule has 0 aliphatic rings. The van der Waals surface area contributed by atoms with Gasteiger partial charge in [-0.3, -0.25) is 4.79 Å². The molecule has 0 saturated heterocycles. The number of ether oxygens (including phenoxy) is 2. The Bertz CT molecular complexity index is 339. The van der Waals surface area contributed by atoms with E-state index >= 15 is 0 Å². The van der Waals surface area contributed by atoms with Gasteiger partial charge >= 0.3 is 0 Å². The Labute approximate surface area is 100 Å². The fourth-order valence-electron chi connectivity index (χ4n) is 1.24. The van der Waals surface area contributed by atoms with Crippen LogP contribution in [0.25, 0.3) is 0 Å². The number of rotatable bonds is 7. The summed E-state index contributed by atoms with van der Waals surface area (Å²) in [6.07, 6.45) is 1.50. The molecule has 3 nitrogen and oxygen atoms in total. The Kier molecular flexibility index (Phi) is 5.90. The van der Waals surface area contributed by atoms with Gasteiger partial charge in [0.15, 0.2) is 6.29 Å². The molecular weight excluding hydrogens is 228 g/mol. The van der Waals surface area contributed by atoms with Gasteiger partial charge in [0.05, 0.1) is 17.2 Å². The first-order valence-electron chi connectivity index (χ1n) is 5.23. The number of carbonyl (C=O) groups excluding carboxylic acids is 1. The van der Waals surface area contributed by atoms with Crippen molar-refractivity contribution in [3.8, 4) is 5.75 Å². The van der Waals surface area contributed by atoms with E-state index in [1.807, 2.05) is 6.92 Å². The first-order chi connectivity index (χ1) is 7.79. The molecule has 0 aliphatic heterocycles. The predicted octanol–water partition coefficient (Wildman–Crippen LogP) is 2.96. The summed E-state index contributed by atoms with van der Waals surface area (Å²) in [6.45, 7) is 3.83. The topological polar surface area (TPSA) is 35.5 Å². The molecule has 0 unspecified atom stereocenters. The van der Waals surface area contributed by atoms with Crippen molar-refractivity contribution >= 4 is 17.9 Å². The van der Waals surface area contributed by atoms with Crippen LogP contribution in [0.1, 0.15) is 23.7 Å². The lowest BCUT2D eigenvalue weighted by molar-refractivity contribution is 0.111. The molecule has 0 aromatic heterocycles. The minimum atomic E-state index is 0.403. The molecule has 0 saturated carbocycles. The van der Waals surface area contributed by atoms with Gasteiger partial charge in [-0.05, 0) is 19.1 Å². The Morgan fingerprint density at radius 2 is 2.19 bits per heavy atom. The molecule has 0 bridgehead atoms. The number of aldehydes is 1. The second-order valence-electron chi connectivity index (χ2n) is 3.17. The van der Waals surface area contributed by atoms with Gasteiger partial charge in [-0.2, -0.15) is 0 Å². The largest absolute Gasteiger partial charge is 0.493 e. The fourth-order valence-corrected chi connectivity index (χ4v) is 1.46. The molecule has 1 aromatic carbocycles. The zero-order chi connectivity index (χ0) is 11.8. The SMILES string of the molecule is CCOCCCOc1cccc(Cl)c1C=O. The Morgan fingerprint density at radius 3 is 2.88 bits per heavy atom. The van der Waals surface area contributed by atoms with Gasteiger partial charge in [0.25, 0.3) is 0 Å². The number of benzene rings is 1. The van der Waals surface area contributed by atoms with E-state index in [2.05, 4.69) is 0 Å². The van der Waals surface area contributed by atoms with Gasteiger partial charge in [-0.1, -0.05) is 17.7 Å². The Hall–Kier alpha value is -1.06. The summed E-state index contributed by atoms with van der Waals surface area (Å²) < 4.78 is 10.6. The molecule has 0 atom stereocenters. The lowest BCUT2D eigenvalue weighted by atomic mass is 10.2. The third-order valence-electron chi connectivity index (χ3n) is 2.03. The summed E-state index contributed by atoms with van der Waals surface area (Å²) >= 11 is 5.86. The number of carbonyl (C=O) groups is 1. The average molecular weight is 243 g/mol. The van der Waals surface area contributed by atoms with Gasteiger partial charge in [0.2, 0.25) is 0 Å². The fraction of sp³-hybridized carbons (Fsp3) is 0.417.